The van der Waals surface area contributed by atoms with Crippen LogP contribution in [0.2, 0.25) is 13.1 Å². The monoisotopic (exact) mass is 191 g/mol. The standard InChI is InChI=1S/C11H15OSi/c1-10-5-4-6-11(9-10)12-7-8-13(2)3/h4-9H,1-3H3/b8-7-. The second-order valence-electron chi connectivity index (χ2n) is 3.31. The van der Waals surface area contributed by atoms with E-state index in [1.54, 1.807) is 6.26 Å². The Hall–Kier alpha value is -1.02. The summed E-state index contributed by atoms with van der Waals surface area (Å²) >= 11 is 0. The summed E-state index contributed by atoms with van der Waals surface area (Å²) in [6, 6.07) is 8.06. The molecule has 1 aromatic carbocycles. The van der Waals surface area contributed by atoms with E-state index in [9.17, 15) is 0 Å². The molecule has 69 valence electrons. The van der Waals surface area contributed by atoms with Crippen LogP contribution >= 0.6 is 0 Å². The number of ether oxygens (including phenoxy) is 1. The molecule has 0 N–H and O–H groups in total. The average Bonchev–Trinajstić information content (AvgIpc) is 2.03. The van der Waals surface area contributed by atoms with Crippen LogP contribution in [0.4, 0.5) is 0 Å². The quantitative estimate of drug-likeness (QED) is 0.526. The molecule has 0 spiro atoms. The van der Waals surface area contributed by atoms with Gasteiger partial charge in [0, 0.05) is 0 Å². The van der Waals surface area contributed by atoms with Gasteiger partial charge in [-0.2, -0.15) is 0 Å². The molecule has 0 saturated carbocycles. The van der Waals surface area contributed by atoms with Crippen molar-refractivity contribution in [1.82, 2.24) is 0 Å². The van der Waals surface area contributed by atoms with Crippen LogP contribution in [0.25, 0.3) is 0 Å². The van der Waals surface area contributed by atoms with Gasteiger partial charge in [0.2, 0.25) is 0 Å². The van der Waals surface area contributed by atoms with E-state index < -0.39 is 0 Å². The van der Waals surface area contributed by atoms with Gasteiger partial charge in [-0.1, -0.05) is 30.9 Å². The molecule has 1 radical (unpaired) electrons. The van der Waals surface area contributed by atoms with Crippen LogP contribution in [0, 0.1) is 6.92 Å². The van der Waals surface area contributed by atoms with Crippen molar-refractivity contribution < 1.29 is 4.74 Å². The molecule has 0 heterocycles. The molecule has 1 rings (SSSR count). The zero-order chi connectivity index (χ0) is 9.68. The van der Waals surface area contributed by atoms with Crippen LogP contribution in [-0.4, -0.2) is 8.80 Å². The van der Waals surface area contributed by atoms with Gasteiger partial charge in [0.25, 0.3) is 0 Å². The number of hydrogen-bond donors (Lipinski definition) is 0. The first-order valence-electron chi connectivity index (χ1n) is 4.38. The third-order valence-corrected chi connectivity index (χ3v) is 2.40. The van der Waals surface area contributed by atoms with E-state index in [2.05, 4.69) is 31.8 Å². The van der Waals surface area contributed by atoms with Crippen molar-refractivity contribution in [2.24, 2.45) is 0 Å². The maximum absolute atomic E-state index is 5.44. The van der Waals surface area contributed by atoms with Crippen LogP contribution < -0.4 is 4.74 Å². The summed E-state index contributed by atoms with van der Waals surface area (Å²) in [6.07, 6.45) is 1.79. The van der Waals surface area contributed by atoms with Gasteiger partial charge in [-0.05, 0) is 24.6 Å². The van der Waals surface area contributed by atoms with Gasteiger partial charge in [0.05, 0.1) is 15.1 Å². The maximum atomic E-state index is 5.44. The van der Waals surface area contributed by atoms with Crippen molar-refractivity contribution in [2.45, 2.75) is 20.0 Å². The predicted octanol–water partition coefficient (Wildman–Crippen LogP) is 3.18. The minimum Gasteiger partial charge on any atom is -0.466 e. The van der Waals surface area contributed by atoms with E-state index in [0.29, 0.717) is 0 Å². The van der Waals surface area contributed by atoms with E-state index in [1.165, 1.54) is 5.56 Å². The minimum atomic E-state index is -0.320. The smallest absolute Gasteiger partial charge is 0.126 e. The Balaban J connectivity index is 2.55. The summed E-state index contributed by atoms with van der Waals surface area (Å²) in [6.45, 7) is 6.51. The lowest BCUT2D eigenvalue weighted by atomic mass is 10.2. The van der Waals surface area contributed by atoms with E-state index >= 15 is 0 Å². The zero-order valence-corrected chi connectivity index (χ0v) is 9.37. The fourth-order valence-electron chi connectivity index (χ4n) is 0.937. The lowest BCUT2D eigenvalue weighted by Gasteiger charge is -2.00. The van der Waals surface area contributed by atoms with Crippen LogP contribution in [0.5, 0.6) is 5.75 Å². The third kappa shape index (κ3) is 3.94. The highest BCUT2D eigenvalue weighted by molar-refractivity contribution is 6.61. The Morgan fingerprint density at radius 3 is 2.69 bits per heavy atom. The van der Waals surface area contributed by atoms with Gasteiger partial charge in [-0.25, -0.2) is 0 Å². The molecule has 0 bridgehead atoms. The molecular formula is C11H15OSi. The summed E-state index contributed by atoms with van der Waals surface area (Å²) < 4.78 is 5.44. The SMILES string of the molecule is Cc1cccc(O/C=C\[Si](C)C)c1. The molecule has 0 aliphatic rings. The second-order valence-corrected chi connectivity index (χ2v) is 5.80. The molecule has 1 nitrogen and oxygen atoms in total. The predicted molar refractivity (Wildman–Crippen MR) is 58.4 cm³/mol. The van der Waals surface area contributed by atoms with Crippen molar-refractivity contribution in [3.63, 3.8) is 0 Å². The summed E-state index contributed by atoms with van der Waals surface area (Å²) in [5.74, 6) is 0.916. The maximum Gasteiger partial charge on any atom is 0.126 e. The van der Waals surface area contributed by atoms with Gasteiger partial charge >= 0.3 is 0 Å². The van der Waals surface area contributed by atoms with Crippen molar-refractivity contribution in [2.75, 3.05) is 0 Å². The highest BCUT2D eigenvalue weighted by Gasteiger charge is 1.91. The first-order valence-corrected chi connectivity index (χ1v) is 6.96. The largest absolute Gasteiger partial charge is 0.466 e. The molecule has 0 saturated heterocycles. The van der Waals surface area contributed by atoms with E-state index in [4.69, 9.17) is 4.74 Å². The van der Waals surface area contributed by atoms with Crippen molar-refractivity contribution in [3.8, 4) is 5.75 Å². The molecule has 2 heteroatoms. The molecule has 0 atom stereocenters. The van der Waals surface area contributed by atoms with Gasteiger partial charge in [0.1, 0.15) is 5.75 Å². The molecule has 0 unspecified atom stereocenters. The molecule has 13 heavy (non-hydrogen) atoms. The highest BCUT2D eigenvalue weighted by atomic mass is 28.3. The summed E-state index contributed by atoms with van der Waals surface area (Å²) in [5, 5.41) is 0. The second kappa shape index (κ2) is 4.87. The highest BCUT2D eigenvalue weighted by Crippen LogP contribution is 2.12. The van der Waals surface area contributed by atoms with Gasteiger partial charge in [-0.3, -0.25) is 0 Å². The molecule has 0 amide bonds. The van der Waals surface area contributed by atoms with E-state index in [-0.39, 0.29) is 8.80 Å². The summed E-state index contributed by atoms with van der Waals surface area (Å²) in [5.41, 5.74) is 3.36. The van der Waals surface area contributed by atoms with Gasteiger partial charge in [0.15, 0.2) is 0 Å². The normalized spacial score (nSPS) is 11.1. The van der Waals surface area contributed by atoms with Crippen LogP contribution in [0.15, 0.2) is 36.2 Å². The van der Waals surface area contributed by atoms with Gasteiger partial charge in [-0.15, -0.1) is 0 Å². The minimum absolute atomic E-state index is 0.320. The van der Waals surface area contributed by atoms with Crippen molar-refractivity contribution >= 4 is 8.80 Å². The van der Waals surface area contributed by atoms with Crippen LogP contribution in [0.1, 0.15) is 5.56 Å². The number of rotatable bonds is 3. The number of hydrogen-bond acceptors (Lipinski definition) is 1. The molecule has 0 fully saturated rings. The third-order valence-electron chi connectivity index (χ3n) is 1.60. The average molecular weight is 191 g/mol. The summed E-state index contributed by atoms with van der Waals surface area (Å²) in [7, 11) is -0.320. The molecule has 1 aromatic rings. The fraction of sp³-hybridized carbons (Fsp3) is 0.273. The number of benzene rings is 1. The fourth-order valence-corrected chi connectivity index (χ4v) is 1.28. The van der Waals surface area contributed by atoms with Crippen molar-refractivity contribution in [1.29, 1.82) is 0 Å². The Morgan fingerprint density at radius 1 is 1.31 bits per heavy atom. The van der Waals surface area contributed by atoms with Crippen LogP contribution in [-0.2, 0) is 0 Å². The topological polar surface area (TPSA) is 9.23 Å². The molecule has 0 aliphatic carbocycles. The van der Waals surface area contributed by atoms with Gasteiger partial charge < -0.3 is 4.74 Å². The Morgan fingerprint density at radius 2 is 2.08 bits per heavy atom. The molecular weight excluding hydrogens is 176 g/mol. The molecule has 0 aromatic heterocycles. The Labute approximate surface area is 81.7 Å². The number of aryl methyl sites for hydroxylation is 1. The summed E-state index contributed by atoms with van der Waals surface area (Å²) in [4.78, 5) is 0. The van der Waals surface area contributed by atoms with Crippen molar-refractivity contribution in [3.05, 3.63) is 41.8 Å². The van der Waals surface area contributed by atoms with E-state index in [1.807, 2.05) is 18.2 Å². The zero-order valence-electron chi connectivity index (χ0n) is 8.37. The van der Waals surface area contributed by atoms with E-state index in [0.717, 1.165) is 5.75 Å². The lowest BCUT2D eigenvalue weighted by Crippen LogP contribution is -1.94. The Kier molecular flexibility index (Phi) is 3.77. The Bertz CT molecular complexity index is 292. The lowest BCUT2D eigenvalue weighted by molar-refractivity contribution is 0.482. The first-order chi connectivity index (χ1) is 6.18. The molecule has 0 aliphatic heterocycles. The first kappa shape index (κ1) is 10.1. The van der Waals surface area contributed by atoms with Crippen LogP contribution in [0.3, 0.4) is 0 Å².